The maximum absolute atomic E-state index is 13.4. The number of hydrogen-bond donors (Lipinski definition) is 2. The monoisotopic (exact) mass is 411 g/mol. The minimum atomic E-state index is -0.367. The van der Waals surface area contributed by atoms with E-state index >= 15 is 0 Å². The number of ether oxygens (including phenoxy) is 1. The standard InChI is InChI=1S/C22H26FN5O2/c1-22(2,3)18-13-26-19(30-18)14-28-21(24-4)27-12-15-7-6-10-25-20(15)29-17-9-5-8-16(23)11-17/h5-11,13H,12,14H2,1-4H3,(H2,24,27,28). The lowest BCUT2D eigenvalue weighted by atomic mass is 9.94. The molecule has 0 aliphatic heterocycles. The molecule has 8 heteroatoms. The number of oxazole rings is 1. The minimum absolute atomic E-state index is 0.0937. The molecule has 0 radical (unpaired) electrons. The van der Waals surface area contributed by atoms with E-state index in [1.807, 2.05) is 12.1 Å². The topological polar surface area (TPSA) is 84.6 Å². The van der Waals surface area contributed by atoms with Crippen LogP contribution < -0.4 is 15.4 Å². The first kappa shape index (κ1) is 21.3. The Kier molecular flexibility index (Phi) is 6.66. The SMILES string of the molecule is CN=C(NCc1ncc(C(C)(C)C)o1)NCc1cccnc1Oc1cccc(F)c1. The molecule has 2 N–H and O–H groups in total. The van der Waals surface area contributed by atoms with Crippen LogP contribution in [-0.4, -0.2) is 23.0 Å². The second-order valence-corrected chi connectivity index (χ2v) is 7.67. The van der Waals surface area contributed by atoms with E-state index in [1.54, 1.807) is 31.6 Å². The first-order chi connectivity index (χ1) is 14.3. The van der Waals surface area contributed by atoms with E-state index < -0.39 is 0 Å². The van der Waals surface area contributed by atoms with Gasteiger partial charge in [-0.25, -0.2) is 14.4 Å². The van der Waals surface area contributed by atoms with Gasteiger partial charge in [-0.05, 0) is 18.2 Å². The molecule has 1 aromatic carbocycles. The van der Waals surface area contributed by atoms with Crippen LogP contribution in [0.5, 0.6) is 11.6 Å². The van der Waals surface area contributed by atoms with Gasteiger partial charge in [-0.15, -0.1) is 0 Å². The summed E-state index contributed by atoms with van der Waals surface area (Å²) >= 11 is 0. The number of aromatic nitrogens is 2. The van der Waals surface area contributed by atoms with Crippen LogP contribution in [0.1, 0.15) is 38.0 Å². The van der Waals surface area contributed by atoms with Gasteiger partial charge in [0.05, 0.1) is 12.7 Å². The predicted octanol–water partition coefficient (Wildman–Crippen LogP) is 4.16. The first-order valence-corrected chi connectivity index (χ1v) is 9.62. The molecule has 0 atom stereocenters. The van der Waals surface area contributed by atoms with Crippen molar-refractivity contribution in [3.63, 3.8) is 0 Å². The fraction of sp³-hybridized carbons (Fsp3) is 0.318. The van der Waals surface area contributed by atoms with Crippen molar-refractivity contribution >= 4 is 5.96 Å². The summed E-state index contributed by atoms with van der Waals surface area (Å²) in [5.41, 5.74) is 0.708. The van der Waals surface area contributed by atoms with Crippen molar-refractivity contribution in [2.75, 3.05) is 7.05 Å². The molecule has 158 valence electrons. The normalized spacial score (nSPS) is 12.0. The van der Waals surface area contributed by atoms with Gasteiger partial charge in [-0.3, -0.25) is 4.99 Å². The lowest BCUT2D eigenvalue weighted by Gasteiger charge is -2.14. The number of nitrogens with one attached hydrogen (secondary N) is 2. The zero-order chi connectivity index (χ0) is 21.6. The molecule has 0 fully saturated rings. The zero-order valence-corrected chi connectivity index (χ0v) is 17.6. The molecule has 3 rings (SSSR count). The molecule has 0 amide bonds. The van der Waals surface area contributed by atoms with Gasteiger partial charge in [0.2, 0.25) is 11.8 Å². The van der Waals surface area contributed by atoms with E-state index in [9.17, 15) is 4.39 Å². The van der Waals surface area contributed by atoms with Gasteiger partial charge in [0, 0.05) is 36.8 Å². The average Bonchev–Trinajstić information content (AvgIpc) is 3.19. The van der Waals surface area contributed by atoms with E-state index in [0.29, 0.717) is 36.6 Å². The quantitative estimate of drug-likeness (QED) is 0.468. The van der Waals surface area contributed by atoms with Crippen LogP contribution in [0.25, 0.3) is 0 Å². The zero-order valence-electron chi connectivity index (χ0n) is 17.6. The van der Waals surface area contributed by atoms with Gasteiger partial charge >= 0.3 is 0 Å². The highest BCUT2D eigenvalue weighted by molar-refractivity contribution is 5.79. The Morgan fingerprint density at radius 1 is 1.13 bits per heavy atom. The molecule has 7 nitrogen and oxygen atoms in total. The molecule has 0 aliphatic carbocycles. The Balaban J connectivity index is 1.59. The van der Waals surface area contributed by atoms with Crippen LogP contribution in [0, 0.1) is 5.82 Å². The van der Waals surface area contributed by atoms with Crippen molar-refractivity contribution in [1.82, 2.24) is 20.6 Å². The highest BCUT2D eigenvalue weighted by Crippen LogP contribution is 2.24. The van der Waals surface area contributed by atoms with Crippen molar-refractivity contribution in [2.45, 2.75) is 39.3 Å². The minimum Gasteiger partial charge on any atom is -0.443 e. The summed E-state index contributed by atoms with van der Waals surface area (Å²) < 4.78 is 24.9. The molecular formula is C22H26FN5O2. The number of halogens is 1. The summed E-state index contributed by atoms with van der Waals surface area (Å²) in [5.74, 6) is 2.40. The van der Waals surface area contributed by atoms with Crippen LogP contribution in [0.3, 0.4) is 0 Å². The van der Waals surface area contributed by atoms with Crippen LogP contribution >= 0.6 is 0 Å². The number of rotatable bonds is 6. The van der Waals surface area contributed by atoms with Crippen molar-refractivity contribution in [2.24, 2.45) is 4.99 Å². The largest absolute Gasteiger partial charge is 0.443 e. The predicted molar refractivity (Wildman–Crippen MR) is 113 cm³/mol. The number of hydrogen-bond acceptors (Lipinski definition) is 5. The smallest absolute Gasteiger partial charge is 0.224 e. The number of nitrogens with zero attached hydrogens (tertiary/aromatic N) is 3. The van der Waals surface area contributed by atoms with Crippen molar-refractivity contribution < 1.29 is 13.5 Å². The van der Waals surface area contributed by atoms with Gasteiger partial charge in [0.15, 0.2) is 5.96 Å². The van der Waals surface area contributed by atoms with Gasteiger partial charge in [0.25, 0.3) is 0 Å². The maximum atomic E-state index is 13.4. The van der Waals surface area contributed by atoms with E-state index in [-0.39, 0.29) is 11.2 Å². The number of pyridine rings is 1. The van der Waals surface area contributed by atoms with Crippen molar-refractivity contribution in [3.05, 3.63) is 71.8 Å². The molecule has 3 aromatic rings. The van der Waals surface area contributed by atoms with Crippen LogP contribution in [0.4, 0.5) is 4.39 Å². The highest BCUT2D eigenvalue weighted by Gasteiger charge is 2.19. The summed E-state index contributed by atoms with van der Waals surface area (Å²) in [6.07, 6.45) is 3.37. The van der Waals surface area contributed by atoms with Gasteiger partial charge in [0.1, 0.15) is 17.3 Å². The summed E-state index contributed by atoms with van der Waals surface area (Å²) in [7, 11) is 1.68. The van der Waals surface area contributed by atoms with Crippen LogP contribution in [0.2, 0.25) is 0 Å². The van der Waals surface area contributed by atoms with E-state index in [2.05, 4.69) is 46.4 Å². The summed E-state index contributed by atoms with van der Waals surface area (Å²) in [4.78, 5) is 12.8. The molecule has 2 aromatic heterocycles. The third-order valence-electron chi connectivity index (χ3n) is 4.23. The fourth-order valence-electron chi connectivity index (χ4n) is 2.59. The van der Waals surface area contributed by atoms with Crippen LogP contribution in [0.15, 0.2) is 58.2 Å². The van der Waals surface area contributed by atoms with Gasteiger partial charge in [-0.2, -0.15) is 0 Å². The van der Waals surface area contributed by atoms with E-state index in [0.717, 1.165) is 11.3 Å². The maximum Gasteiger partial charge on any atom is 0.224 e. The number of aliphatic imine (C=N–C) groups is 1. The van der Waals surface area contributed by atoms with Gasteiger partial charge < -0.3 is 19.8 Å². The van der Waals surface area contributed by atoms with Crippen molar-refractivity contribution in [3.8, 4) is 11.6 Å². The Morgan fingerprint density at radius 3 is 2.63 bits per heavy atom. The van der Waals surface area contributed by atoms with Gasteiger partial charge in [-0.1, -0.05) is 32.9 Å². The Morgan fingerprint density at radius 2 is 1.93 bits per heavy atom. The lowest BCUT2D eigenvalue weighted by molar-refractivity contribution is 0.379. The molecule has 0 saturated carbocycles. The van der Waals surface area contributed by atoms with Crippen LogP contribution in [-0.2, 0) is 18.5 Å². The second-order valence-electron chi connectivity index (χ2n) is 7.67. The molecule has 0 unspecified atom stereocenters. The third kappa shape index (κ3) is 5.79. The second kappa shape index (κ2) is 9.39. The van der Waals surface area contributed by atoms with Crippen molar-refractivity contribution in [1.29, 1.82) is 0 Å². The molecule has 2 heterocycles. The Labute approximate surface area is 175 Å². The summed E-state index contributed by atoms with van der Waals surface area (Å²) in [5, 5.41) is 6.38. The summed E-state index contributed by atoms with van der Waals surface area (Å²) in [6, 6.07) is 9.64. The molecule has 0 aliphatic rings. The highest BCUT2D eigenvalue weighted by atomic mass is 19.1. The first-order valence-electron chi connectivity index (χ1n) is 9.62. The Hall–Kier alpha value is -3.42. The molecule has 30 heavy (non-hydrogen) atoms. The lowest BCUT2D eigenvalue weighted by Crippen LogP contribution is -2.36. The summed E-state index contributed by atoms with van der Waals surface area (Å²) in [6.45, 7) is 7.03. The number of benzene rings is 1. The Bertz CT molecular complexity index is 1010. The van der Waals surface area contributed by atoms with E-state index in [1.165, 1.54) is 12.1 Å². The number of guanidine groups is 1. The molecule has 0 bridgehead atoms. The molecular weight excluding hydrogens is 385 g/mol. The molecule has 0 spiro atoms. The van der Waals surface area contributed by atoms with E-state index in [4.69, 9.17) is 9.15 Å². The average molecular weight is 411 g/mol. The third-order valence-corrected chi connectivity index (χ3v) is 4.23. The molecule has 0 saturated heterocycles. The fourth-order valence-corrected chi connectivity index (χ4v) is 2.59.